The van der Waals surface area contributed by atoms with Crippen LogP contribution in [0.15, 0.2) is 64.3 Å². The molecule has 0 spiro atoms. The molecule has 1 aliphatic carbocycles. The molecule has 2 aliphatic rings. The Hall–Kier alpha value is -2.40. The number of benzene rings is 2. The van der Waals surface area contributed by atoms with Crippen molar-refractivity contribution in [2.24, 2.45) is 0 Å². The van der Waals surface area contributed by atoms with Crippen LogP contribution < -0.4 is 9.64 Å². The number of amides is 1. The number of allylic oxidation sites excluding steroid dienone is 2. The first-order valence-corrected chi connectivity index (χ1v) is 10.5. The van der Waals surface area contributed by atoms with E-state index in [1.165, 1.54) is 0 Å². The first kappa shape index (κ1) is 18.9. The van der Waals surface area contributed by atoms with Crippen molar-refractivity contribution in [3.05, 3.63) is 69.8 Å². The number of nitrogens with zero attached hydrogens (tertiary/aromatic N) is 1. The summed E-state index contributed by atoms with van der Waals surface area (Å²) < 4.78 is 6.65. The van der Waals surface area contributed by atoms with Crippen LogP contribution in [0.1, 0.15) is 44.1 Å². The van der Waals surface area contributed by atoms with E-state index in [9.17, 15) is 9.59 Å². The second kappa shape index (κ2) is 7.92. The fraction of sp³-hybridized carbons (Fsp3) is 0.304. The van der Waals surface area contributed by atoms with Crippen molar-refractivity contribution in [3.8, 4) is 5.75 Å². The van der Waals surface area contributed by atoms with E-state index in [2.05, 4.69) is 15.9 Å². The van der Waals surface area contributed by atoms with Gasteiger partial charge in [0.25, 0.3) is 0 Å². The Balaban J connectivity index is 1.88. The molecule has 5 heteroatoms. The SMILES string of the molecule is CCOc1ccccc1C1CC(=O)N(c2ccccc2Br)C2=C1C(=O)CCC2. The van der Waals surface area contributed by atoms with Gasteiger partial charge in [-0.1, -0.05) is 30.3 Å². The Morgan fingerprint density at radius 2 is 1.82 bits per heavy atom. The first-order chi connectivity index (χ1) is 13.6. The number of halogens is 1. The summed E-state index contributed by atoms with van der Waals surface area (Å²) >= 11 is 3.56. The quantitative estimate of drug-likeness (QED) is 0.642. The molecule has 1 unspecified atom stereocenters. The molecule has 0 N–H and O–H groups in total. The smallest absolute Gasteiger partial charge is 0.232 e. The lowest BCUT2D eigenvalue weighted by Gasteiger charge is -2.39. The first-order valence-electron chi connectivity index (χ1n) is 9.67. The van der Waals surface area contributed by atoms with E-state index >= 15 is 0 Å². The van der Waals surface area contributed by atoms with E-state index in [4.69, 9.17) is 4.74 Å². The fourth-order valence-corrected chi connectivity index (χ4v) is 4.69. The highest BCUT2D eigenvalue weighted by Crippen LogP contribution is 2.46. The monoisotopic (exact) mass is 439 g/mol. The maximum atomic E-state index is 13.3. The van der Waals surface area contributed by atoms with Crippen LogP contribution in [-0.2, 0) is 9.59 Å². The third-order valence-corrected chi connectivity index (χ3v) is 6.03. The Morgan fingerprint density at radius 1 is 1.07 bits per heavy atom. The summed E-state index contributed by atoms with van der Waals surface area (Å²) in [5, 5.41) is 0. The lowest BCUT2D eigenvalue weighted by Crippen LogP contribution is -2.40. The summed E-state index contributed by atoms with van der Waals surface area (Å²) in [5.74, 6) is 0.651. The minimum Gasteiger partial charge on any atom is -0.494 e. The molecule has 28 heavy (non-hydrogen) atoms. The number of ether oxygens (including phenoxy) is 1. The number of hydrogen-bond acceptors (Lipinski definition) is 3. The molecule has 0 bridgehead atoms. The topological polar surface area (TPSA) is 46.6 Å². The summed E-state index contributed by atoms with van der Waals surface area (Å²) in [6, 6.07) is 15.4. The van der Waals surface area contributed by atoms with Crippen LogP contribution in [0.3, 0.4) is 0 Å². The zero-order valence-electron chi connectivity index (χ0n) is 15.8. The van der Waals surface area contributed by atoms with Gasteiger partial charge in [-0.05, 0) is 53.9 Å². The number of carbonyl (C=O) groups is 2. The molecular formula is C23H22BrNO3. The summed E-state index contributed by atoms with van der Waals surface area (Å²) in [6.45, 7) is 2.48. The minimum atomic E-state index is -0.253. The summed E-state index contributed by atoms with van der Waals surface area (Å²) in [5.41, 5.74) is 3.34. The van der Waals surface area contributed by atoms with Gasteiger partial charge in [0.15, 0.2) is 5.78 Å². The zero-order valence-corrected chi connectivity index (χ0v) is 17.4. The molecule has 2 aromatic carbocycles. The van der Waals surface area contributed by atoms with Gasteiger partial charge < -0.3 is 4.74 Å². The highest BCUT2D eigenvalue weighted by Gasteiger charge is 2.40. The molecule has 2 aromatic rings. The van der Waals surface area contributed by atoms with Gasteiger partial charge in [0.05, 0.1) is 12.3 Å². The Bertz CT molecular complexity index is 966. The highest BCUT2D eigenvalue weighted by atomic mass is 79.9. The van der Waals surface area contributed by atoms with Crippen molar-refractivity contribution in [1.29, 1.82) is 0 Å². The normalized spacial score (nSPS) is 19.6. The molecule has 0 aromatic heterocycles. The number of Topliss-reactive ketones (excluding diaryl/α,β-unsaturated/α-hetero) is 1. The van der Waals surface area contributed by atoms with Gasteiger partial charge in [-0.2, -0.15) is 0 Å². The van der Waals surface area contributed by atoms with Crippen LogP contribution in [0.25, 0.3) is 0 Å². The number of rotatable bonds is 4. The Kier molecular flexibility index (Phi) is 5.36. The van der Waals surface area contributed by atoms with E-state index in [0.29, 0.717) is 13.0 Å². The van der Waals surface area contributed by atoms with Gasteiger partial charge in [0.2, 0.25) is 5.91 Å². The van der Waals surface area contributed by atoms with Crippen molar-refractivity contribution in [1.82, 2.24) is 0 Å². The molecule has 4 rings (SSSR count). The molecule has 4 nitrogen and oxygen atoms in total. The number of para-hydroxylation sites is 2. The van der Waals surface area contributed by atoms with E-state index < -0.39 is 0 Å². The van der Waals surface area contributed by atoms with Gasteiger partial charge in [-0.3, -0.25) is 14.5 Å². The van der Waals surface area contributed by atoms with Crippen LogP contribution in [-0.4, -0.2) is 18.3 Å². The lowest BCUT2D eigenvalue weighted by atomic mass is 9.77. The lowest BCUT2D eigenvalue weighted by molar-refractivity contribution is -0.119. The van der Waals surface area contributed by atoms with Gasteiger partial charge in [-0.25, -0.2) is 0 Å². The van der Waals surface area contributed by atoms with Gasteiger partial charge in [-0.15, -0.1) is 0 Å². The molecule has 1 amide bonds. The molecule has 0 radical (unpaired) electrons. The zero-order chi connectivity index (χ0) is 19.7. The number of ketones is 1. The highest BCUT2D eigenvalue weighted by molar-refractivity contribution is 9.10. The average molecular weight is 440 g/mol. The molecule has 1 atom stereocenters. The molecule has 0 saturated heterocycles. The number of anilines is 1. The predicted octanol–water partition coefficient (Wildman–Crippen LogP) is 5.38. The summed E-state index contributed by atoms with van der Waals surface area (Å²) in [6.07, 6.45) is 2.29. The number of carbonyl (C=O) groups excluding carboxylic acids is 2. The minimum absolute atomic E-state index is 0.0108. The standard InChI is InChI=1S/C23H22BrNO3/c1-2-28-21-13-6-3-8-15(21)16-14-22(27)25(18-10-5-4-9-17(18)24)19-11-7-12-20(26)23(16)19/h3-6,8-10,13,16H,2,7,11-12,14H2,1H3. The second-order valence-corrected chi connectivity index (χ2v) is 7.90. The van der Waals surface area contributed by atoms with Crippen LogP contribution in [0.5, 0.6) is 5.75 Å². The third-order valence-electron chi connectivity index (χ3n) is 5.36. The molecule has 0 fully saturated rings. The van der Waals surface area contributed by atoms with E-state index in [0.717, 1.165) is 45.6 Å². The van der Waals surface area contributed by atoms with E-state index in [-0.39, 0.29) is 24.0 Å². The van der Waals surface area contributed by atoms with Crippen LogP contribution >= 0.6 is 15.9 Å². The molecular weight excluding hydrogens is 418 g/mol. The molecule has 1 aliphatic heterocycles. The van der Waals surface area contributed by atoms with Crippen molar-refractivity contribution < 1.29 is 14.3 Å². The van der Waals surface area contributed by atoms with Gasteiger partial charge >= 0.3 is 0 Å². The van der Waals surface area contributed by atoms with Crippen molar-refractivity contribution >= 4 is 33.3 Å². The summed E-state index contributed by atoms with van der Waals surface area (Å²) in [4.78, 5) is 28.0. The van der Waals surface area contributed by atoms with Crippen LogP contribution in [0, 0.1) is 0 Å². The van der Waals surface area contributed by atoms with E-state index in [1.807, 2.05) is 55.5 Å². The van der Waals surface area contributed by atoms with Crippen molar-refractivity contribution in [2.75, 3.05) is 11.5 Å². The maximum absolute atomic E-state index is 13.3. The summed E-state index contributed by atoms with van der Waals surface area (Å²) in [7, 11) is 0. The second-order valence-electron chi connectivity index (χ2n) is 7.05. The van der Waals surface area contributed by atoms with Crippen LogP contribution in [0.4, 0.5) is 5.69 Å². The van der Waals surface area contributed by atoms with E-state index in [1.54, 1.807) is 4.90 Å². The molecule has 144 valence electrons. The maximum Gasteiger partial charge on any atom is 0.232 e. The molecule has 1 heterocycles. The van der Waals surface area contributed by atoms with Crippen molar-refractivity contribution in [3.63, 3.8) is 0 Å². The number of hydrogen-bond donors (Lipinski definition) is 0. The van der Waals surface area contributed by atoms with Crippen molar-refractivity contribution in [2.45, 2.75) is 38.5 Å². The fourth-order valence-electron chi connectivity index (χ4n) is 4.23. The van der Waals surface area contributed by atoms with Crippen LogP contribution in [0.2, 0.25) is 0 Å². The van der Waals surface area contributed by atoms with Gasteiger partial charge in [0, 0.05) is 40.1 Å². The Morgan fingerprint density at radius 3 is 2.61 bits per heavy atom. The predicted molar refractivity (Wildman–Crippen MR) is 112 cm³/mol. The largest absolute Gasteiger partial charge is 0.494 e. The molecule has 0 saturated carbocycles. The third kappa shape index (κ3) is 3.28. The Labute approximate surface area is 173 Å². The average Bonchev–Trinajstić information content (AvgIpc) is 2.69. The van der Waals surface area contributed by atoms with Gasteiger partial charge in [0.1, 0.15) is 5.75 Å².